The van der Waals surface area contributed by atoms with E-state index in [9.17, 15) is 0 Å². The lowest BCUT2D eigenvalue weighted by atomic mass is 10.1. The van der Waals surface area contributed by atoms with Crippen LogP contribution in [0.2, 0.25) is 0 Å². The van der Waals surface area contributed by atoms with Crippen LogP contribution in [0.4, 0.5) is 5.13 Å². The molecule has 0 saturated heterocycles. The molecule has 3 aromatic rings. The van der Waals surface area contributed by atoms with Crippen molar-refractivity contribution in [3.8, 4) is 21.3 Å². The third-order valence-electron chi connectivity index (χ3n) is 2.97. The van der Waals surface area contributed by atoms with Crippen LogP contribution in [-0.2, 0) is 6.42 Å². The second kappa shape index (κ2) is 5.68. The van der Waals surface area contributed by atoms with Gasteiger partial charge in [0.15, 0.2) is 5.01 Å². The Morgan fingerprint density at radius 1 is 1.10 bits per heavy atom. The van der Waals surface area contributed by atoms with E-state index in [1.165, 1.54) is 16.9 Å². The molecule has 0 fully saturated rings. The summed E-state index contributed by atoms with van der Waals surface area (Å²) >= 11 is 3.15. The molecule has 4 nitrogen and oxygen atoms in total. The lowest BCUT2D eigenvalue weighted by Crippen LogP contribution is -1.84. The van der Waals surface area contributed by atoms with Crippen LogP contribution in [0, 0.1) is 0 Å². The summed E-state index contributed by atoms with van der Waals surface area (Å²) in [7, 11) is 1.84. The van der Waals surface area contributed by atoms with E-state index < -0.39 is 0 Å². The fourth-order valence-electron chi connectivity index (χ4n) is 1.82. The highest BCUT2D eigenvalue weighted by atomic mass is 32.1. The van der Waals surface area contributed by atoms with Gasteiger partial charge in [-0.1, -0.05) is 42.5 Å². The average molecular weight is 302 g/mol. The van der Waals surface area contributed by atoms with Gasteiger partial charge in [-0.15, -0.1) is 21.5 Å². The van der Waals surface area contributed by atoms with Crippen molar-refractivity contribution in [2.75, 3.05) is 12.4 Å². The van der Waals surface area contributed by atoms with Gasteiger partial charge in [0.1, 0.15) is 10.7 Å². The minimum Gasteiger partial charge on any atom is -0.363 e. The molecule has 0 aliphatic heterocycles. The van der Waals surface area contributed by atoms with Gasteiger partial charge in [0.05, 0.1) is 0 Å². The number of aromatic nitrogens is 3. The molecule has 0 unspecified atom stereocenters. The first-order valence-corrected chi connectivity index (χ1v) is 8.06. The van der Waals surface area contributed by atoms with E-state index in [4.69, 9.17) is 0 Å². The van der Waals surface area contributed by atoms with Crippen LogP contribution in [0.1, 0.15) is 12.5 Å². The van der Waals surface area contributed by atoms with Gasteiger partial charge < -0.3 is 5.32 Å². The van der Waals surface area contributed by atoms with Crippen molar-refractivity contribution < 1.29 is 0 Å². The average Bonchev–Trinajstić information content (AvgIpc) is 3.16. The fraction of sp³-hybridized carbons (Fsp3) is 0.214. The van der Waals surface area contributed by atoms with Crippen molar-refractivity contribution in [3.63, 3.8) is 0 Å². The summed E-state index contributed by atoms with van der Waals surface area (Å²) in [4.78, 5) is 4.65. The molecule has 0 radical (unpaired) electrons. The monoisotopic (exact) mass is 302 g/mol. The number of rotatable bonds is 4. The highest BCUT2D eigenvalue weighted by Crippen LogP contribution is 2.31. The van der Waals surface area contributed by atoms with Gasteiger partial charge in [0.25, 0.3) is 0 Å². The molecule has 0 amide bonds. The Labute approximate surface area is 125 Å². The van der Waals surface area contributed by atoms with E-state index in [2.05, 4.69) is 51.7 Å². The summed E-state index contributed by atoms with van der Waals surface area (Å²) in [5.74, 6) is 0. The van der Waals surface area contributed by atoms with E-state index in [0.717, 1.165) is 32.8 Å². The van der Waals surface area contributed by atoms with Crippen LogP contribution >= 0.6 is 22.7 Å². The number of nitrogens with one attached hydrogen (secondary N) is 1. The highest BCUT2D eigenvalue weighted by molar-refractivity contribution is 7.19. The third kappa shape index (κ3) is 2.57. The standard InChI is InChI=1S/C14H14N4S2/c1-3-9-4-6-10(7-5-9)12-16-11(8-19-12)13-17-18-14(15-2)20-13/h4-8H,3H2,1-2H3,(H,15,18). The van der Waals surface area contributed by atoms with Gasteiger partial charge in [0.2, 0.25) is 5.13 Å². The van der Waals surface area contributed by atoms with Crippen molar-refractivity contribution in [2.45, 2.75) is 13.3 Å². The van der Waals surface area contributed by atoms with Crippen molar-refractivity contribution >= 4 is 27.8 Å². The van der Waals surface area contributed by atoms with Gasteiger partial charge in [-0.05, 0) is 12.0 Å². The molecule has 0 saturated carbocycles. The lowest BCUT2D eigenvalue weighted by molar-refractivity contribution is 1.09. The Bertz CT molecular complexity index is 700. The number of thiazole rings is 1. The first kappa shape index (κ1) is 13.2. The maximum atomic E-state index is 4.65. The quantitative estimate of drug-likeness (QED) is 0.793. The molecule has 0 atom stereocenters. The molecule has 102 valence electrons. The molecule has 20 heavy (non-hydrogen) atoms. The third-order valence-corrected chi connectivity index (χ3v) is 4.83. The summed E-state index contributed by atoms with van der Waals surface area (Å²) in [6, 6.07) is 8.56. The van der Waals surface area contributed by atoms with E-state index in [-0.39, 0.29) is 0 Å². The smallest absolute Gasteiger partial charge is 0.205 e. The maximum Gasteiger partial charge on any atom is 0.205 e. The van der Waals surface area contributed by atoms with Crippen molar-refractivity contribution in [2.24, 2.45) is 0 Å². The summed E-state index contributed by atoms with van der Waals surface area (Å²) in [6.45, 7) is 2.16. The molecular formula is C14H14N4S2. The lowest BCUT2D eigenvalue weighted by Gasteiger charge is -1.98. The summed E-state index contributed by atoms with van der Waals surface area (Å²) in [6.07, 6.45) is 1.06. The number of hydrogen-bond acceptors (Lipinski definition) is 6. The van der Waals surface area contributed by atoms with Crippen molar-refractivity contribution in [1.82, 2.24) is 15.2 Å². The van der Waals surface area contributed by atoms with Crippen molar-refractivity contribution in [3.05, 3.63) is 35.2 Å². The molecule has 2 heterocycles. The molecule has 0 aliphatic rings. The van der Waals surface area contributed by atoms with Crippen molar-refractivity contribution in [1.29, 1.82) is 0 Å². The minimum absolute atomic E-state index is 0.807. The zero-order valence-corrected chi connectivity index (χ0v) is 12.9. The SMILES string of the molecule is CCc1ccc(-c2nc(-c3nnc(NC)s3)cs2)cc1. The topological polar surface area (TPSA) is 50.7 Å². The van der Waals surface area contributed by atoms with Crippen LogP contribution in [-0.4, -0.2) is 22.2 Å². The highest BCUT2D eigenvalue weighted by Gasteiger charge is 2.11. The number of nitrogens with zero attached hydrogens (tertiary/aromatic N) is 3. The van der Waals surface area contributed by atoms with Crippen LogP contribution in [0.15, 0.2) is 29.6 Å². The minimum atomic E-state index is 0.807. The summed E-state index contributed by atoms with van der Waals surface area (Å²) in [5.41, 5.74) is 3.38. The summed E-state index contributed by atoms with van der Waals surface area (Å²) in [5, 5.41) is 15.9. The van der Waals surface area contributed by atoms with Crippen LogP contribution in [0.5, 0.6) is 0 Å². The first-order valence-electron chi connectivity index (χ1n) is 6.36. The normalized spacial score (nSPS) is 10.7. The molecule has 0 aliphatic carbocycles. The molecular weight excluding hydrogens is 288 g/mol. The predicted molar refractivity (Wildman–Crippen MR) is 85.4 cm³/mol. The second-order valence-electron chi connectivity index (χ2n) is 4.25. The van der Waals surface area contributed by atoms with Crippen LogP contribution in [0.3, 0.4) is 0 Å². The van der Waals surface area contributed by atoms with Gasteiger partial charge in [-0.3, -0.25) is 0 Å². The van der Waals surface area contributed by atoms with E-state index in [0.29, 0.717) is 0 Å². The molecule has 6 heteroatoms. The molecule has 0 bridgehead atoms. The van der Waals surface area contributed by atoms with E-state index >= 15 is 0 Å². The fourth-order valence-corrected chi connectivity index (χ4v) is 3.36. The Kier molecular flexibility index (Phi) is 3.75. The van der Waals surface area contributed by atoms with E-state index in [1.807, 2.05) is 12.4 Å². The Hall–Kier alpha value is -1.79. The largest absolute Gasteiger partial charge is 0.363 e. The van der Waals surface area contributed by atoms with E-state index in [1.54, 1.807) is 11.3 Å². The zero-order chi connectivity index (χ0) is 13.9. The number of benzene rings is 1. The summed E-state index contributed by atoms with van der Waals surface area (Å²) < 4.78 is 0. The Morgan fingerprint density at radius 3 is 2.55 bits per heavy atom. The van der Waals surface area contributed by atoms with Crippen LogP contribution < -0.4 is 5.32 Å². The molecule has 2 aromatic heterocycles. The van der Waals surface area contributed by atoms with Gasteiger partial charge in [0, 0.05) is 18.0 Å². The number of aryl methyl sites for hydroxylation is 1. The van der Waals surface area contributed by atoms with Gasteiger partial charge in [-0.25, -0.2) is 4.98 Å². The second-order valence-corrected chi connectivity index (χ2v) is 6.09. The predicted octanol–water partition coefficient (Wildman–Crippen LogP) is 3.93. The Balaban J connectivity index is 1.88. The van der Waals surface area contributed by atoms with Gasteiger partial charge >= 0.3 is 0 Å². The number of anilines is 1. The molecule has 1 N–H and O–H groups in total. The zero-order valence-electron chi connectivity index (χ0n) is 11.3. The molecule has 1 aromatic carbocycles. The van der Waals surface area contributed by atoms with Crippen LogP contribution in [0.25, 0.3) is 21.3 Å². The van der Waals surface area contributed by atoms with Gasteiger partial charge in [-0.2, -0.15) is 0 Å². The maximum absolute atomic E-state index is 4.65. The molecule has 0 spiro atoms. The first-order chi connectivity index (χ1) is 9.80. The molecule has 3 rings (SSSR count). The Morgan fingerprint density at radius 2 is 1.90 bits per heavy atom. The number of hydrogen-bond donors (Lipinski definition) is 1.